The van der Waals surface area contributed by atoms with E-state index in [9.17, 15) is 0 Å². The van der Waals surface area contributed by atoms with Crippen molar-refractivity contribution < 1.29 is 4.52 Å². The molecule has 0 aliphatic carbocycles. The highest BCUT2D eigenvalue weighted by atomic mass is 16.5. The van der Waals surface area contributed by atoms with Gasteiger partial charge in [0.25, 0.3) is 0 Å². The Bertz CT molecular complexity index is 543. The molecule has 0 amide bonds. The Morgan fingerprint density at radius 3 is 2.52 bits per heavy atom. The molecule has 1 aromatic heterocycles. The van der Waals surface area contributed by atoms with Crippen LogP contribution in [0, 0.1) is 0 Å². The molecule has 0 radical (unpaired) electrons. The molecule has 0 unspecified atom stereocenters. The largest absolute Gasteiger partial charge is 0.360 e. The summed E-state index contributed by atoms with van der Waals surface area (Å²) in [5.74, 6) is 0.902. The van der Waals surface area contributed by atoms with E-state index in [4.69, 9.17) is 4.52 Å². The first-order valence-electron chi connectivity index (χ1n) is 7.34. The summed E-state index contributed by atoms with van der Waals surface area (Å²) in [4.78, 5) is 2.22. The van der Waals surface area contributed by atoms with E-state index >= 15 is 0 Å². The minimum atomic E-state index is 0.0865. The van der Waals surface area contributed by atoms with Gasteiger partial charge in [0.1, 0.15) is 0 Å². The van der Waals surface area contributed by atoms with E-state index in [1.807, 2.05) is 12.1 Å². The van der Waals surface area contributed by atoms with Crippen molar-refractivity contribution >= 4 is 0 Å². The van der Waals surface area contributed by atoms with Crippen LogP contribution in [-0.4, -0.2) is 22.6 Å². The number of nitrogens with zero attached hydrogens (tertiary/aromatic N) is 2. The Labute approximate surface area is 127 Å². The predicted molar refractivity (Wildman–Crippen MR) is 84.7 cm³/mol. The summed E-state index contributed by atoms with van der Waals surface area (Å²) in [5.41, 5.74) is 2.34. The van der Waals surface area contributed by atoms with Crippen LogP contribution in [0.1, 0.15) is 37.8 Å². The zero-order valence-corrected chi connectivity index (χ0v) is 13.4. The molecule has 1 aromatic carbocycles. The van der Waals surface area contributed by atoms with Crippen LogP contribution in [0.2, 0.25) is 0 Å². The Kier molecular flexibility index (Phi) is 5.15. The highest BCUT2D eigenvalue weighted by molar-refractivity contribution is 5.14. The van der Waals surface area contributed by atoms with Crippen molar-refractivity contribution in [3.05, 3.63) is 53.4 Å². The van der Waals surface area contributed by atoms with Crippen molar-refractivity contribution in [1.82, 2.24) is 15.4 Å². The fourth-order valence-corrected chi connectivity index (χ4v) is 2.09. The fraction of sp³-hybridized carbons (Fsp3) is 0.471. The molecule has 0 fully saturated rings. The second-order valence-electron chi connectivity index (χ2n) is 6.55. The summed E-state index contributed by atoms with van der Waals surface area (Å²) < 4.78 is 5.41. The molecule has 0 saturated carbocycles. The summed E-state index contributed by atoms with van der Waals surface area (Å²) in [5, 5.41) is 7.52. The molecule has 0 aliphatic heterocycles. The van der Waals surface area contributed by atoms with Crippen molar-refractivity contribution in [1.29, 1.82) is 0 Å². The first kappa shape index (κ1) is 15.7. The van der Waals surface area contributed by atoms with Gasteiger partial charge in [0.05, 0.1) is 12.2 Å². The zero-order valence-electron chi connectivity index (χ0n) is 13.4. The number of hydrogen-bond acceptors (Lipinski definition) is 4. The van der Waals surface area contributed by atoms with Gasteiger partial charge in [-0.3, -0.25) is 4.90 Å². The number of aromatic nitrogens is 1. The van der Waals surface area contributed by atoms with Gasteiger partial charge in [-0.1, -0.05) is 35.5 Å². The third-order valence-corrected chi connectivity index (χ3v) is 3.13. The third kappa shape index (κ3) is 5.69. The van der Waals surface area contributed by atoms with Gasteiger partial charge in [0, 0.05) is 24.7 Å². The van der Waals surface area contributed by atoms with E-state index < -0.39 is 0 Å². The second kappa shape index (κ2) is 6.87. The first-order chi connectivity index (χ1) is 9.92. The van der Waals surface area contributed by atoms with E-state index in [0.717, 1.165) is 31.1 Å². The predicted octanol–water partition coefficient (Wildman–Crippen LogP) is 3.19. The third-order valence-electron chi connectivity index (χ3n) is 3.13. The van der Waals surface area contributed by atoms with Crippen LogP contribution in [0.3, 0.4) is 0 Å². The molecule has 21 heavy (non-hydrogen) atoms. The van der Waals surface area contributed by atoms with Crippen LogP contribution in [0.5, 0.6) is 0 Å². The Balaban J connectivity index is 1.84. The summed E-state index contributed by atoms with van der Waals surface area (Å²) >= 11 is 0. The molecule has 4 nitrogen and oxygen atoms in total. The Morgan fingerprint density at radius 2 is 1.86 bits per heavy atom. The molecule has 4 heteroatoms. The van der Waals surface area contributed by atoms with Crippen LogP contribution in [0.15, 0.2) is 40.9 Å². The van der Waals surface area contributed by atoms with Gasteiger partial charge in [-0.2, -0.15) is 0 Å². The van der Waals surface area contributed by atoms with E-state index in [0.29, 0.717) is 0 Å². The molecule has 0 aliphatic rings. The minimum Gasteiger partial charge on any atom is -0.360 e. The molecular formula is C17H25N3O. The molecule has 1 N–H and O–H groups in total. The lowest BCUT2D eigenvalue weighted by Gasteiger charge is -2.19. The highest BCUT2D eigenvalue weighted by Gasteiger charge is 2.12. The standard InChI is InChI=1S/C17H25N3O/c1-17(2,3)18-11-15-10-16(21-19-15)13-20(4)12-14-8-6-5-7-9-14/h5-10,18H,11-13H2,1-4H3. The summed E-state index contributed by atoms with van der Waals surface area (Å²) in [7, 11) is 2.09. The van der Waals surface area contributed by atoms with Crippen molar-refractivity contribution in [3.8, 4) is 0 Å². The zero-order chi connectivity index (χ0) is 15.3. The molecule has 0 spiro atoms. The molecule has 0 atom stereocenters. The first-order valence-corrected chi connectivity index (χ1v) is 7.34. The van der Waals surface area contributed by atoms with Crippen LogP contribution in [-0.2, 0) is 19.6 Å². The summed E-state index contributed by atoms with van der Waals surface area (Å²) in [6, 6.07) is 12.5. The molecule has 114 valence electrons. The van der Waals surface area contributed by atoms with E-state index in [1.165, 1.54) is 5.56 Å². The second-order valence-corrected chi connectivity index (χ2v) is 6.55. The fourth-order valence-electron chi connectivity index (χ4n) is 2.09. The molecular weight excluding hydrogens is 262 g/mol. The van der Waals surface area contributed by atoms with Gasteiger partial charge in [-0.15, -0.1) is 0 Å². The van der Waals surface area contributed by atoms with Crippen LogP contribution in [0.25, 0.3) is 0 Å². The maximum Gasteiger partial charge on any atom is 0.151 e. The van der Waals surface area contributed by atoms with Crippen molar-refractivity contribution in [2.45, 2.75) is 45.9 Å². The van der Waals surface area contributed by atoms with Gasteiger partial charge in [-0.25, -0.2) is 0 Å². The lowest BCUT2D eigenvalue weighted by molar-refractivity contribution is 0.265. The molecule has 0 saturated heterocycles. The lowest BCUT2D eigenvalue weighted by Crippen LogP contribution is -2.35. The van der Waals surface area contributed by atoms with Gasteiger partial charge < -0.3 is 9.84 Å². The van der Waals surface area contributed by atoms with E-state index in [1.54, 1.807) is 0 Å². The Morgan fingerprint density at radius 1 is 1.14 bits per heavy atom. The number of hydrogen-bond donors (Lipinski definition) is 1. The van der Waals surface area contributed by atoms with Gasteiger partial charge >= 0.3 is 0 Å². The quantitative estimate of drug-likeness (QED) is 0.886. The maximum atomic E-state index is 5.41. The van der Waals surface area contributed by atoms with Crippen molar-refractivity contribution in [3.63, 3.8) is 0 Å². The highest BCUT2D eigenvalue weighted by Crippen LogP contribution is 2.10. The maximum absolute atomic E-state index is 5.41. The Hall–Kier alpha value is -1.65. The SMILES string of the molecule is CN(Cc1ccccc1)Cc1cc(CNC(C)(C)C)no1. The lowest BCUT2D eigenvalue weighted by atomic mass is 10.1. The van der Waals surface area contributed by atoms with Crippen LogP contribution < -0.4 is 5.32 Å². The number of rotatable bonds is 6. The van der Waals surface area contributed by atoms with Crippen LogP contribution in [0.4, 0.5) is 0 Å². The number of nitrogens with one attached hydrogen (secondary N) is 1. The van der Waals surface area contributed by atoms with Crippen molar-refractivity contribution in [2.24, 2.45) is 0 Å². The van der Waals surface area contributed by atoms with E-state index in [-0.39, 0.29) is 5.54 Å². The summed E-state index contributed by atoms with van der Waals surface area (Å²) in [6.07, 6.45) is 0. The van der Waals surface area contributed by atoms with Crippen molar-refractivity contribution in [2.75, 3.05) is 7.05 Å². The molecule has 2 rings (SSSR count). The summed E-state index contributed by atoms with van der Waals surface area (Å²) in [6.45, 7) is 8.81. The molecule has 2 aromatic rings. The average Bonchev–Trinajstić information content (AvgIpc) is 2.84. The molecule has 0 bridgehead atoms. The number of benzene rings is 1. The smallest absolute Gasteiger partial charge is 0.151 e. The molecule has 1 heterocycles. The van der Waals surface area contributed by atoms with Gasteiger partial charge in [0.15, 0.2) is 5.76 Å². The van der Waals surface area contributed by atoms with Crippen LogP contribution >= 0.6 is 0 Å². The average molecular weight is 287 g/mol. The van der Waals surface area contributed by atoms with Gasteiger partial charge in [-0.05, 0) is 33.4 Å². The monoisotopic (exact) mass is 287 g/mol. The minimum absolute atomic E-state index is 0.0865. The topological polar surface area (TPSA) is 41.3 Å². The van der Waals surface area contributed by atoms with E-state index in [2.05, 4.69) is 67.5 Å². The van der Waals surface area contributed by atoms with Gasteiger partial charge in [0.2, 0.25) is 0 Å². The normalized spacial score (nSPS) is 12.0.